The Balaban J connectivity index is 0.000000187. The normalized spacial score (nSPS) is 13.6. The zero-order valence-corrected chi connectivity index (χ0v) is 43.9. The Labute approximate surface area is 408 Å². The quantitative estimate of drug-likeness (QED) is 0.134. The molecule has 8 aromatic carbocycles. The SMILES string of the molecule is C.Cc1ccccc1-c1ccccc1[P+](=O)[O-].O=[P+]([O-])c1ccccc1-c1ccccc1O.[O-]P1Oc2ccccc2-c2ccccc21.[O-]P1Oc2ccccc2-c2ccccc21.[Zn+2].[Zn+2]. The summed E-state index contributed by atoms with van der Waals surface area (Å²) in [7, 11) is -8.70. The van der Waals surface area contributed by atoms with Gasteiger partial charge in [-0.25, -0.2) is 0 Å². The van der Waals surface area contributed by atoms with Gasteiger partial charge in [-0.15, -0.1) is 0 Å². The van der Waals surface area contributed by atoms with Gasteiger partial charge < -0.3 is 33.7 Å². The van der Waals surface area contributed by atoms with E-state index in [1.54, 1.807) is 48.5 Å². The van der Waals surface area contributed by atoms with E-state index in [4.69, 9.17) is 9.05 Å². The average Bonchev–Trinajstić information content (AvgIpc) is 3.30. The van der Waals surface area contributed by atoms with Crippen LogP contribution in [0.2, 0.25) is 0 Å². The molecule has 0 saturated heterocycles. The molecule has 4 atom stereocenters. The molecule has 0 saturated carbocycles. The van der Waals surface area contributed by atoms with Crippen LogP contribution in [0.4, 0.5) is 0 Å². The summed E-state index contributed by atoms with van der Waals surface area (Å²) in [5.41, 5.74) is 7.93. The molecular weight excluding hydrogens is 999 g/mol. The predicted molar refractivity (Wildman–Crippen MR) is 249 cm³/mol. The van der Waals surface area contributed by atoms with Gasteiger partial charge in [0.1, 0.15) is 17.2 Å². The maximum atomic E-state index is 11.8. The van der Waals surface area contributed by atoms with Crippen LogP contribution in [0, 0.1) is 6.92 Å². The van der Waals surface area contributed by atoms with Gasteiger partial charge in [0, 0.05) is 55.2 Å². The number of hydrogen-bond acceptors (Lipinski definition) is 9. The molecule has 2 aliphatic heterocycles. The van der Waals surface area contributed by atoms with Gasteiger partial charge in [-0.05, 0) is 71.6 Å². The van der Waals surface area contributed by atoms with Gasteiger partial charge in [0.05, 0.1) is 0 Å². The molecule has 0 aliphatic carbocycles. The van der Waals surface area contributed by atoms with Crippen LogP contribution >= 0.6 is 32.8 Å². The Bertz CT molecular complexity index is 2690. The minimum Gasteiger partial charge on any atom is -0.795 e. The molecule has 8 aromatic rings. The zero-order chi connectivity index (χ0) is 43.6. The molecule has 1 N–H and O–H groups in total. The van der Waals surface area contributed by atoms with Gasteiger partial charge in [0.2, 0.25) is 0 Å². The first-order chi connectivity index (χ1) is 30.1. The standard InChI is InChI=1S/C13H11O2P.C12H9O3P.2C12H8O2P.CH4.2Zn/c1-10-6-2-3-7-11(10)12-8-4-5-9-13(12)16(14)15;13-11-7-3-1-5-9(11)10-6-2-4-8-12(10)16(14)15;2*13-15-12-8-4-2-6-10(12)9-5-1-3-7-11(9)14-15;;;/h2-9H,1H3;1-8,13H;2*1-8H;1H4;;/q;;2*-1;;2*+2. The van der Waals surface area contributed by atoms with E-state index in [-0.39, 0.29) is 57.4 Å². The van der Waals surface area contributed by atoms with Crippen molar-refractivity contribution in [2.24, 2.45) is 0 Å². The summed E-state index contributed by atoms with van der Waals surface area (Å²) in [4.78, 5) is 45.8. The zero-order valence-electron chi connectivity index (χ0n) is 34.4. The maximum absolute atomic E-state index is 11.8. The van der Waals surface area contributed by atoms with Gasteiger partial charge in [-0.3, -0.25) is 0 Å². The molecule has 0 spiro atoms. The van der Waals surface area contributed by atoms with Crippen LogP contribution in [-0.2, 0) is 48.1 Å². The Morgan fingerprint density at radius 1 is 0.415 bits per heavy atom. The molecule has 4 unspecified atom stereocenters. The van der Waals surface area contributed by atoms with Crippen LogP contribution in [0.1, 0.15) is 13.0 Å². The van der Waals surface area contributed by atoms with Crippen molar-refractivity contribution in [3.05, 3.63) is 200 Å². The van der Waals surface area contributed by atoms with E-state index in [9.17, 15) is 33.8 Å². The molecule has 0 fully saturated rings. The Kier molecular flexibility index (Phi) is 20.6. The molecule has 316 valence electrons. The number of aryl methyl sites for hydroxylation is 1. The summed E-state index contributed by atoms with van der Waals surface area (Å²) in [5.74, 6) is 1.49. The van der Waals surface area contributed by atoms with Crippen molar-refractivity contribution in [2.45, 2.75) is 14.4 Å². The first-order valence-corrected chi connectivity index (χ1v) is 23.8. The summed E-state index contributed by atoms with van der Waals surface area (Å²) in [6, 6.07) is 58.7. The minimum atomic E-state index is -2.66. The van der Waals surface area contributed by atoms with Crippen molar-refractivity contribution < 1.29 is 81.8 Å². The third-order valence-electron chi connectivity index (χ3n) is 9.75. The van der Waals surface area contributed by atoms with Crippen LogP contribution in [-0.4, -0.2) is 5.11 Å². The van der Waals surface area contributed by atoms with Crippen molar-refractivity contribution in [3.8, 4) is 61.8 Å². The van der Waals surface area contributed by atoms with E-state index in [0.29, 0.717) is 27.9 Å². The molecule has 0 aromatic heterocycles. The molecule has 2 heterocycles. The topological polar surface area (TPSA) is 165 Å². The third-order valence-corrected chi connectivity index (χ3v) is 13.6. The number of hydrogen-bond donors (Lipinski definition) is 1. The van der Waals surface area contributed by atoms with Gasteiger partial charge in [-0.2, -0.15) is 0 Å². The van der Waals surface area contributed by atoms with Crippen LogP contribution in [0.5, 0.6) is 17.2 Å². The van der Waals surface area contributed by atoms with E-state index < -0.39 is 32.8 Å². The number of para-hydroxylation sites is 3. The van der Waals surface area contributed by atoms with Gasteiger partial charge in [0.25, 0.3) is 0 Å². The molecule has 0 radical (unpaired) electrons. The van der Waals surface area contributed by atoms with Gasteiger partial charge >= 0.3 is 55.0 Å². The van der Waals surface area contributed by atoms with Gasteiger partial charge in [-0.1, -0.05) is 168 Å². The molecule has 65 heavy (non-hydrogen) atoms. The minimum absolute atomic E-state index is 0. The van der Waals surface area contributed by atoms with Crippen LogP contribution in [0.3, 0.4) is 0 Å². The Morgan fingerprint density at radius 2 is 0.723 bits per heavy atom. The number of aromatic hydroxyl groups is 1. The molecule has 2 aliphatic rings. The van der Waals surface area contributed by atoms with Crippen molar-refractivity contribution >= 4 is 54.0 Å². The van der Waals surface area contributed by atoms with Crippen molar-refractivity contribution in [3.63, 3.8) is 0 Å². The second kappa shape index (κ2) is 25.3. The summed E-state index contributed by atoms with van der Waals surface area (Å²) in [5, 5.41) is 11.8. The predicted octanol–water partition coefficient (Wildman–Crippen LogP) is 8.90. The van der Waals surface area contributed by atoms with Crippen molar-refractivity contribution in [2.75, 3.05) is 0 Å². The van der Waals surface area contributed by atoms with E-state index in [1.165, 1.54) is 12.1 Å². The second-order valence-electron chi connectivity index (χ2n) is 13.6. The van der Waals surface area contributed by atoms with Crippen LogP contribution in [0.25, 0.3) is 44.5 Å². The van der Waals surface area contributed by atoms with Crippen molar-refractivity contribution in [1.29, 1.82) is 0 Å². The Hall–Kier alpha value is -4.69. The summed E-state index contributed by atoms with van der Waals surface area (Å²) in [6.07, 6.45) is 0. The third kappa shape index (κ3) is 12.8. The molecule has 15 heteroatoms. The van der Waals surface area contributed by atoms with E-state index >= 15 is 0 Å². The summed E-state index contributed by atoms with van der Waals surface area (Å²) < 4.78 is 32.9. The molecule has 10 rings (SSSR count). The second-order valence-corrected chi connectivity index (χ2v) is 18.0. The monoisotopic (exact) mass is 1040 g/mol. The fraction of sp³-hybridized carbons (Fsp3) is 0.0400. The van der Waals surface area contributed by atoms with E-state index in [1.807, 2.05) is 140 Å². The summed E-state index contributed by atoms with van der Waals surface area (Å²) in [6.45, 7) is 1.98. The number of phenolic OH excluding ortho intramolecular Hbond substituents is 1. The van der Waals surface area contributed by atoms with E-state index in [2.05, 4.69) is 0 Å². The van der Waals surface area contributed by atoms with Crippen LogP contribution < -0.4 is 49.8 Å². The number of rotatable bonds is 4. The molecule has 0 bridgehead atoms. The fourth-order valence-electron chi connectivity index (χ4n) is 6.83. The largest absolute Gasteiger partial charge is 2.00 e. The number of phenols is 1. The van der Waals surface area contributed by atoms with Gasteiger partial charge in [0.15, 0.2) is 10.6 Å². The molecule has 9 nitrogen and oxygen atoms in total. The van der Waals surface area contributed by atoms with Crippen LogP contribution in [0.15, 0.2) is 194 Å². The first kappa shape index (κ1) is 52.9. The number of benzene rings is 8. The fourth-order valence-corrected chi connectivity index (χ4v) is 10.1. The first-order valence-electron chi connectivity index (χ1n) is 19.1. The Morgan fingerprint density at radius 3 is 1.14 bits per heavy atom. The van der Waals surface area contributed by atoms with E-state index in [0.717, 1.165) is 49.6 Å². The maximum Gasteiger partial charge on any atom is 2.00 e. The number of fused-ring (bicyclic) bond motifs is 6. The van der Waals surface area contributed by atoms with Crippen molar-refractivity contribution in [1.82, 2.24) is 0 Å². The molecular formula is C50H40O9P4Zn2+2. The smallest absolute Gasteiger partial charge is 0.795 e. The molecule has 0 amide bonds. The average molecular weight is 1040 g/mol. The summed E-state index contributed by atoms with van der Waals surface area (Å²) >= 11 is 0.